The van der Waals surface area contributed by atoms with Crippen LogP contribution in [0.1, 0.15) is 12.8 Å². The Morgan fingerprint density at radius 2 is 2.04 bits per heavy atom. The van der Waals surface area contributed by atoms with E-state index in [9.17, 15) is 13.2 Å². The van der Waals surface area contributed by atoms with Crippen LogP contribution in [0.15, 0.2) is 18.2 Å². The molecule has 1 N–H and O–H groups in total. The zero-order valence-corrected chi connectivity index (χ0v) is 13.3. The van der Waals surface area contributed by atoms with Crippen molar-refractivity contribution in [3.63, 3.8) is 0 Å². The molecule has 0 saturated carbocycles. The number of aromatic amines is 1. The minimum atomic E-state index is -4.44. The van der Waals surface area contributed by atoms with Crippen molar-refractivity contribution in [2.24, 2.45) is 0 Å². The largest absolute Gasteiger partial charge is 0.408 e. The molecule has 3 heterocycles. The summed E-state index contributed by atoms with van der Waals surface area (Å²) in [6.45, 7) is 0.763. The number of halogens is 4. The van der Waals surface area contributed by atoms with E-state index in [1.807, 2.05) is 0 Å². The summed E-state index contributed by atoms with van der Waals surface area (Å²) < 4.78 is 52.1. The summed E-state index contributed by atoms with van der Waals surface area (Å²) >= 11 is 6.19. The van der Waals surface area contributed by atoms with E-state index in [1.165, 1.54) is 4.90 Å². The van der Waals surface area contributed by atoms with Crippen molar-refractivity contribution in [1.82, 2.24) is 10.2 Å². The smallest absolute Gasteiger partial charge is 0.347 e. The molecule has 1 unspecified atom stereocenters. The first-order valence-corrected chi connectivity index (χ1v) is 8.01. The van der Waals surface area contributed by atoms with Gasteiger partial charge in [0.15, 0.2) is 11.6 Å². The summed E-state index contributed by atoms with van der Waals surface area (Å²) in [5.74, 6) is -0.933. The number of alkyl halides is 3. The van der Waals surface area contributed by atoms with Gasteiger partial charge in [0.2, 0.25) is 0 Å². The van der Waals surface area contributed by atoms with Crippen LogP contribution in [0.25, 0.3) is 10.9 Å². The van der Waals surface area contributed by atoms with Gasteiger partial charge in [-0.05, 0) is 12.1 Å². The molecule has 130 valence electrons. The van der Waals surface area contributed by atoms with E-state index in [0.29, 0.717) is 35.6 Å². The van der Waals surface area contributed by atoms with Crippen molar-refractivity contribution >= 4 is 28.3 Å². The van der Waals surface area contributed by atoms with Gasteiger partial charge in [0.05, 0.1) is 29.1 Å². The second-order valence-electron chi connectivity index (χ2n) is 6.02. The van der Waals surface area contributed by atoms with E-state index in [0.717, 1.165) is 0 Å². The lowest BCUT2D eigenvalue weighted by Crippen LogP contribution is -2.57. The van der Waals surface area contributed by atoms with Crippen LogP contribution < -0.4 is 4.90 Å². The predicted octanol–water partition coefficient (Wildman–Crippen LogP) is 3.49. The summed E-state index contributed by atoms with van der Waals surface area (Å²) in [6.07, 6.45) is -4.37. The lowest BCUT2D eigenvalue weighted by Gasteiger charge is -2.44. The molecule has 0 amide bonds. The number of rotatable bonds is 1. The molecule has 2 saturated heterocycles. The number of hydrogen-bond donors (Lipinski definition) is 1. The van der Waals surface area contributed by atoms with E-state index in [4.69, 9.17) is 21.1 Å². The van der Waals surface area contributed by atoms with Crippen molar-refractivity contribution in [1.29, 1.82) is 0 Å². The fraction of sp³-hybridized carbons (Fsp3) is 0.533. The van der Waals surface area contributed by atoms with E-state index in [-0.39, 0.29) is 18.8 Å². The minimum absolute atomic E-state index is 0.120. The van der Waals surface area contributed by atoms with Gasteiger partial charge in [-0.1, -0.05) is 17.7 Å². The summed E-state index contributed by atoms with van der Waals surface area (Å²) in [4.78, 5) is 1.25. The highest BCUT2D eigenvalue weighted by atomic mass is 35.5. The number of nitrogens with one attached hydrogen (secondary N) is 1. The summed E-state index contributed by atoms with van der Waals surface area (Å²) in [5, 5.41) is 7.71. The molecule has 5 nitrogen and oxygen atoms in total. The lowest BCUT2D eigenvalue weighted by molar-refractivity contribution is -0.218. The molecule has 2 aromatic rings. The molecule has 2 aliphatic heterocycles. The fourth-order valence-electron chi connectivity index (χ4n) is 3.48. The van der Waals surface area contributed by atoms with Crippen molar-refractivity contribution in [3.05, 3.63) is 23.2 Å². The van der Waals surface area contributed by atoms with Gasteiger partial charge in [-0.3, -0.25) is 5.10 Å². The zero-order chi connectivity index (χ0) is 16.9. The van der Waals surface area contributed by atoms with Crippen molar-refractivity contribution < 1.29 is 22.6 Å². The van der Waals surface area contributed by atoms with Gasteiger partial charge in [-0.15, -0.1) is 0 Å². The molecule has 9 heteroatoms. The molecule has 0 radical (unpaired) electrons. The Balaban J connectivity index is 1.75. The Bertz CT molecular complexity index is 758. The third-order valence-electron chi connectivity index (χ3n) is 4.60. The Morgan fingerprint density at radius 1 is 1.29 bits per heavy atom. The van der Waals surface area contributed by atoms with Crippen LogP contribution in [0, 0.1) is 0 Å². The van der Waals surface area contributed by atoms with Gasteiger partial charge in [-0.2, -0.15) is 18.3 Å². The summed E-state index contributed by atoms with van der Waals surface area (Å²) in [6, 6.07) is 3.35. The maximum atomic E-state index is 13.7. The third-order valence-corrected chi connectivity index (χ3v) is 4.91. The Morgan fingerprint density at radius 3 is 2.75 bits per heavy atom. The highest BCUT2D eigenvalue weighted by Crippen LogP contribution is 2.44. The topological polar surface area (TPSA) is 50.4 Å². The maximum Gasteiger partial charge on any atom is 0.408 e. The highest BCUT2D eigenvalue weighted by Gasteiger charge is 2.54. The second-order valence-corrected chi connectivity index (χ2v) is 6.43. The number of anilines is 1. The van der Waals surface area contributed by atoms with E-state index < -0.39 is 18.0 Å². The molecule has 2 fully saturated rings. The molecule has 0 aliphatic carbocycles. The molecular weight excluding hydrogens is 347 g/mol. The van der Waals surface area contributed by atoms with Crippen molar-refractivity contribution in [3.8, 4) is 0 Å². The van der Waals surface area contributed by atoms with Crippen LogP contribution in [-0.2, 0) is 9.47 Å². The number of benzene rings is 1. The molecule has 1 aromatic heterocycles. The number of H-pyrrole nitrogens is 1. The minimum Gasteiger partial charge on any atom is -0.347 e. The van der Waals surface area contributed by atoms with E-state index >= 15 is 0 Å². The normalized spacial score (nSPS) is 24.2. The number of ether oxygens (including phenoxy) is 2. The van der Waals surface area contributed by atoms with Gasteiger partial charge < -0.3 is 14.4 Å². The van der Waals surface area contributed by atoms with Gasteiger partial charge in [0, 0.05) is 19.4 Å². The number of piperidine rings is 1. The van der Waals surface area contributed by atoms with Gasteiger partial charge in [-0.25, -0.2) is 0 Å². The van der Waals surface area contributed by atoms with Crippen LogP contribution in [-0.4, -0.2) is 48.0 Å². The highest BCUT2D eigenvalue weighted by molar-refractivity contribution is 6.36. The molecule has 1 aromatic carbocycles. The van der Waals surface area contributed by atoms with Crippen LogP contribution in [0.3, 0.4) is 0 Å². The first kappa shape index (κ1) is 16.0. The van der Waals surface area contributed by atoms with Gasteiger partial charge in [0.25, 0.3) is 0 Å². The van der Waals surface area contributed by atoms with E-state index in [1.54, 1.807) is 18.2 Å². The summed E-state index contributed by atoms with van der Waals surface area (Å²) in [5.41, 5.74) is 0.604. The Hall–Kier alpha value is -1.51. The first-order chi connectivity index (χ1) is 11.4. The molecular formula is C15H15ClF3N3O2. The molecule has 1 spiro atoms. The molecule has 4 rings (SSSR count). The van der Waals surface area contributed by atoms with Crippen LogP contribution in [0.2, 0.25) is 5.02 Å². The summed E-state index contributed by atoms with van der Waals surface area (Å²) in [7, 11) is 0. The molecule has 24 heavy (non-hydrogen) atoms. The predicted molar refractivity (Wildman–Crippen MR) is 82.2 cm³/mol. The quantitative estimate of drug-likeness (QED) is 0.844. The Kier molecular flexibility index (Phi) is 3.67. The molecule has 1 atom stereocenters. The Labute approximate surface area is 140 Å². The fourth-order valence-corrected chi connectivity index (χ4v) is 3.74. The number of aromatic nitrogens is 2. The van der Waals surface area contributed by atoms with Crippen LogP contribution >= 0.6 is 11.6 Å². The third kappa shape index (κ3) is 2.53. The van der Waals surface area contributed by atoms with Crippen molar-refractivity contribution in [2.45, 2.75) is 30.8 Å². The standard InChI is InChI=1S/C15H15ClF3N3O2/c16-9-2-1-3-10-12(9)13(21-20-10)22-5-4-14(23-6-7-24-14)8-11(22)15(17,18)19/h1-3,11H,4-8H2,(H,20,21). The zero-order valence-electron chi connectivity index (χ0n) is 12.6. The van der Waals surface area contributed by atoms with Crippen molar-refractivity contribution in [2.75, 3.05) is 24.7 Å². The van der Waals surface area contributed by atoms with Gasteiger partial charge in [0.1, 0.15) is 6.04 Å². The number of fused-ring (bicyclic) bond motifs is 1. The lowest BCUT2D eigenvalue weighted by atomic mass is 9.95. The second kappa shape index (κ2) is 5.50. The monoisotopic (exact) mass is 361 g/mol. The van der Waals surface area contributed by atoms with E-state index in [2.05, 4.69) is 10.2 Å². The first-order valence-electron chi connectivity index (χ1n) is 7.63. The number of hydrogen-bond acceptors (Lipinski definition) is 4. The van der Waals surface area contributed by atoms with Crippen LogP contribution in [0.4, 0.5) is 19.0 Å². The van der Waals surface area contributed by atoms with Crippen LogP contribution in [0.5, 0.6) is 0 Å². The maximum absolute atomic E-state index is 13.7. The average Bonchev–Trinajstić information content (AvgIpc) is 3.15. The SMILES string of the molecule is FC(F)(F)C1CC2(CCN1c1n[nH]c3cccc(Cl)c13)OCCO2. The molecule has 0 bridgehead atoms. The average molecular weight is 362 g/mol. The molecule has 2 aliphatic rings. The van der Waals surface area contributed by atoms with Gasteiger partial charge >= 0.3 is 6.18 Å². The number of nitrogens with zero attached hydrogens (tertiary/aromatic N) is 2.